The van der Waals surface area contributed by atoms with Crippen molar-refractivity contribution in [2.24, 2.45) is 0 Å². The van der Waals surface area contributed by atoms with Crippen LogP contribution in [0.5, 0.6) is 0 Å². The monoisotopic (exact) mass is 211 g/mol. The standard InChI is InChI=1S/C13H13N3/c1-9-11(8-14)4-3-5-12(9)10(2)13-15-6-7-16-13/h3-7,10H,1-2H3,(H,15,16)/t10-/m0/s1. The zero-order chi connectivity index (χ0) is 11.5. The van der Waals surface area contributed by atoms with Crippen molar-refractivity contribution >= 4 is 0 Å². The van der Waals surface area contributed by atoms with Crippen LogP contribution < -0.4 is 0 Å². The minimum Gasteiger partial charge on any atom is -0.348 e. The molecule has 0 saturated heterocycles. The predicted molar refractivity (Wildman–Crippen MR) is 62.0 cm³/mol. The molecule has 1 heterocycles. The van der Waals surface area contributed by atoms with Crippen molar-refractivity contribution in [1.82, 2.24) is 9.97 Å². The quantitative estimate of drug-likeness (QED) is 0.830. The second kappa shape index (κ2) is 4.19. The number of rotatable bonds is 2. The maximum atomic E-state index is 8.98. The molecule has 1 aromatic carbocycles. The number of hydrogen-bond acceptors (Lipinski definition) is 2. The summed E-state index contributed by atoms with van der Waals surface area (Å²) in [6.45, 7) is 4.07. The molecule has 0 unspecified atom stereocenters. The van der Waals surface area contributed by atoms with Gasteiger partial charge in [-0.1, -0.05) is 19.1 Å². The van der Waals surface area contributed by atoms with Gasteiger partial charge in [0.25, 0.3) is 0 Å². The molecular weight excluding hydrogens is 198 g/mol. The molecule has 0 bridgehead atoms. The van der Waals surface area contributed by atoms with Crippen molar-refractivity contribution in [2.45, 2.75) is 19.8 Å². The Hall–Kier alpha value is -2.08. The molecule has 1 N–H and O–H groups in total. The van der Waals surface area contributed by atoms with Crippen LogP contribution in [0.2, 0.25) is 0 Å². The Morgan fingerprint density at radius 1 is 1.44 bits per heavy atom. The van der Waals surface area contributed by atoms with Crippen molar-refractivity contribution in [2.75, 3.05) is 0 Å². The third-order valence-corrected chi connectivity index (χ3v) is 2.89. The maximum absolute atomic E-state index is 8.98. The highest BCUT2D eigenvalue weighted by molar-refractivity contribution is 5.44. The molecule has 0 saturated carbocycles. The van der Waals surface area contributed by atoms with Gasteiger partial charge in [-0.2, -0.15) is 5.26 Å². The van der Waals surface area contributed by atoms with Gasteiger partial charge in [-0.25, -0.2) is 4.98 Å². The maximum Gasteiger partial charge on any atom is 0.113 e. The summed E-state index contributed by atoms with van der Waals surface area (Å²) in [5.74, 6) is 1.11. The number of H-pyrrole nitrogens is 1. The van der Waals surface area contributed by atoms with Crippen molar-refractivity contribution in [3.8, 4) is 6.07 Å². The summed E-state index contributed by atoms with van der Waals surface area (Å²) < 4.78 is 0. The molecular formula is C13H13N3. The Kier molecular flexibility index (Phi) is 2.74. The van der Waals surface area contributed by atoms with Gasteiger partial charge in [-0.3, -0.25) is 0 Å². The van der Waals surface area contributed by atoms with Gasteiger partial charge >= 0.3 is 0 Å². The fourth-order valence-corrected chi connectivity index (χ4v) is 1.91. The molecule has 0 aliphatic rings. The summed E-state index contributed by atoms with van der Waals surface area (Å²) in [5.41, 5.74) is 2.92. The van der Waals surface area contributed by atoms with E-state index >= 15 is 0 Å². The number of imidazole rings is 1. The van der Waals surface area contributed by atoms with Crippen LogP contribution in [-0.2, 0) is 0 Å². The average molecular weight is 211 g/mol. The van der Waals surface area contributed by atoms with Gasteiger partial charge in [0.05, 0.1) is 11.6 Å². The zero-order valence-electron chi connectivity index (χ0n) is 9.36. The van der Waals surface area contributed by atoms with Crippen LogP contribution in [0, 0.1) is 18.3 Å². The fourth-order valence-electron chi connectivity index (χ4n) is 1.91. The van der Waals surface area contributed by atoms with E-state index in [1.165, 1.54) is 0 Å². The SMILES string of the molecule is Cc1c(C#N)cccc1[C@H](C)c1ncc[nH]1. The minimum absolute atomic E-state index is 0.184. The number of nitriles is 1. The zero-order valence-corrected chi connectivity index (χ0v) is 9.36. The molecule has 0 radical (unpaired) electrons. The van der Waals surface area contributed by atoms with E-state index in [2.05, 4.69) is 23.0 Å². The van der Waals surface area contributed by atoms with E-state index in [-0.39, 0.29) is 5.92 Å². The summed E-state index contributed by atoms with van der Waals surface area (Å²) in [5, 5.41) is 8.98. The van der Waals surface area contributed by atoms with Crippen molar-refractivity contribution in [3.05, 3.63) is 53.1 Å². The summed E-state index contributed by atoms with van der Waals surface area (Å²) in [6.07, 6.45) is 3.56. The number of aromatic amines is 1. The lowest BCUT2D eigenvalue weighted by Gasteiger charge is -2.13. The number of nitrogens with zero attached hydrogens (tertiary/aromatic N) is 2. The highest BCUT2D eigenvalue weighted by atomic mass is 14.9. The molecule has 0 fully saturated rings. The molecule has 1 aromatic heterocycles. The molecule has 1 atom stereocenters. The first-order valence-electron chi connectivity index (χ1n) is 5.23. The number of hydrogen-bond donors (Lipinski definition) is 1. The smallest absolute Gasteiger partial charge is 0.113 e. The van der Waals surface area contributed by atoms with Crippen molar-refractivity contribution in [1.29, 1.82) is 5.26 Å². The Balaban J connectivity index is 2.46. The highest BCUT2D eigenvalue weighted by Crippen LogP contribution is 2.25. The van der Waals surface area contributed by atoms with E-state index in [9.17, 15) is 0 Å². The van der Waals surface area contributed by atoms with Gasteiger partial charge in [-0.05, 0) is 24.1 Å². The van der Waals surface area contributed by atoms with Gasteiger partial charge in [0.15, 0.2) is 0 Å². The second-order valence-corrected chi connectivity index (χ2v) is 3.83. The molecule has 2 aromatic rings. The molecule has 0 amide bonds. The molecule has 16 heavy (non-hydrogen) atoms. The van der Waals surface area contributed by atoms with E-state index in [4.69, 9.17) is 5.26 Å². The van der Waals surface area contributed by atoms with Crippen LogP contribution in [-0.4, -0.2) is 9.97 Å². The Morgan fingerprint density at radius 2 is 2.25 bits per heavy atom. The molecule has 0 aliphatic carbocycles. The van der Waals surface area contributed by atoms with Crippen LogP contribution in [0.25, 0.3) is 0 Å². The third-order valence-electron chi connectivity index (χ3n) is 2.89. The van der Waals surface area contributed by atoms with Gasteiger partial charge in [0, 0.05) is 18.3 Å². The summed E-state index contributed by atoms with van der Waals surface area (Å²) >= 11 is 0. The van der Waals surface area contributed by atoms with E-state index in [0.717, 1.165) is 22.5 Å². The topological polar surface area (TPSA) is 52.5 Å². The fraction of sp³-hybridized carbons (Fsp3) is 0.231. The Labute approximate surface area is 94.8 Å². The Morgan fingerprint density at radius 3 is 2.88 bits per heavy atom. The largest absolute Gasteiger partial charge is 0.348 e. The van der Waals surface area contributed by atoms with E-state index in [1.54, 1.807) is 6.20 Å². The molecule has 3 heteroatoms. The Bertz CT molecular complexity index is 521. The normalized spacial score (nSPS) is 12.1. The third kappa shape index (κ3) is 1.70. The minimum atomic E-state index is 0.184. The second-order valence-electron chi connectivity index (χ2n) is 3.83. The molecule has 0 spiro atoms. The van der Waals surface area contributed by atoms with Crippen LogP contribution in [0.4, 0.5) is 0 Å². The number of aromatic nitrogens is 2. The lowest BCUT2D eigenvalue weighted by atomic mass is 9.93. The summed E-state index contributed by atoms with van der Waals surface area (Å²) in [4.78, 5) is 7.36. The molecule has 0 aliphatic heterocycles. The van der Waals surface area contributed by atoms with Crippen LogP contribution in [0.15, 0.2) is 30.6 Å². The number of benzene rings is 1. The van der Waals surface area contributed by atoms with E-state index < -0.39 is 0 Å². The first-order chi connectivity index (χ1) is 7.74. The van der Waals surface area contributed by atoms with Crippen LogP contribution in [0.3, 0.4) is 0 Å². The predicted octanol–water partition coefficient (Wildman–Crippen LogP) is 2.74. The van der Waals surface area contributed by atoms with E-state index in [0.29, 0.717) is 0 Å². The van der Waals surface area contributed by atoms with Crippen molar-refractivity contribution < 1.29 is 0 Å². The van der Waals surface area contributed by atoms with Gasteiger partial charge in [0.2, 0.25) is 0 Å². The summed E-state index contributed by atoms with van der Waals surface area (Å²) in [6, 6.07) is 8.01. The van der Waals surface area contributed by atoms with Crippen LogP contribution >= 0.6 is 0 Å². The van der Waals surface area contributed by atoms with Gasteiger partial charge in [-0.15, -0.1) is 0 Å². The molecule has 2 rings (SSSR count). The van der Waals surface area contributed by atoms with Crippen molar-refractivity contribution in [3.63, 3.8) is 0 Å². The van der Waals surface area contributed by atoms with Gasteiger partial charge in [0.1, 0.15) is 5.82 Å². The molecule has 80 valence electrons. The van der Waals surface area contributed by atoms with Gasteiger partial charge < -0.3 is 4.98 Å². The average Bonchev–Trinajstić information content (AvgIpc) is 2.82. The highest BCUT2D eigenvalue weighted by Gasteiger charge is 2.14. The summed E-state index contributed by atoms with van der Waals surface area (Å²) in [7, 11) is 0. The lowest BCUT2D eigenvalue weighted by molar-refractivity contribution is 0.831. The first-order valence-corrected chi connectivity index (χ1v) is 5.23. The first kappa shape index (κ1) is 10.4. The molecule has 3 nitrogen and oxygen atoms in total. The van der Waals surface area contributed by atoms with E-state index in [1.807, 2.05) is 31.3 Å². The van der Waals surface area contributed by atoms with Crippen LogP contribution in [0.1, 0.15) is 35.4 Å². The number of nitrogens with one attached hydrogen (secondary N) is 1. The lowest BCUT2D eigenvalue weighted by Crippen LogP contribution is -2.02.